The summed E-state index contributed by atoms with van der Waals surface area (Å²) in [6, 6.07) is 28.4. The molecule has 0 spiro atoms. The van der Waals surface area contributed by atoms with Gasteiger partial charge in [0.1, 0.15) is 5.60 Å². The van der Waals surface area contributed by atoms with Crippen molar-refractivity contribution in [3.8, 4) is 0 Å². The van der Waals surface area contributed by atoms with Crippen molar-refractivity contribution in [3.05, 3.63) is 114 Å². The summed E-state index contributed by atoms with van der Waals surface area (Å²) in [6.45, 7) is 3.52. The van der Waals surface area contributed by atoms with Crippen LogP contribution in [0.3, 0.4) is 0 Å². The van der Waals surface area contributed by atoms with Crippen molar-refractivity contribution >= 4 is 11.6 Å². The first kappa shape index (κ1) is 18.2. The Hall–Kier alpha value is -3.17. The van der Waals surface area contributed by atoms with Crippen LogP contribution in [0, 0.1) is 0 Å². The first-order valence-corrected chi connectivity index (χ1v) is 9.49. The van der Waals surface area contributed by atoms with E-state index in [-0.39, 0.29) is 5.91 Å². The second-order valence-electron chi connectivity index (χ2n) is 6.85. The van der Waals surface area contributed by atoms with E-state index in [0.717, 1.165) is 22.4 Å². The van der Waals surface area contributed by atoms with Gasteiger partial charge in [0.05, 0.1) is 5.69 Å². The van der Waals surface area contributed by atoms with E-state index in [1.807, 2.05) is 73.7 Å². The molecule has 3 aromatic carbocycles. The summed E-state index contributed by atoms with van der Waals surface area (Å²) in [5.41, 5.74) is 3.09. The minimum atomic E-state index is -0.810. The maximum atomic E-state index is 12.5. The molecule has 140 valence electrons. The monoisotopic (exact) mass is 369 g/mol. The molecule has 0 saturated heterocycles. The molecule has 1 amide bonds. The lowest BCUT2D eigenvalue weighted by atomic mass is 9.78. The van der Waals surface area contributed by atoms with Crippen LogP contribution in [-0.4, -0.2) is 12.1 Å². The molecule has 1 aliphatic rings. The number of para-hydroxylation sites is 1. The second kappa shape index (κ2) is 7.45. The van der Waals surface area contributed by atoms with E-state index in [1.54, 1.807) is 11.8 Å². The highest BCUT2D eigenvalue weighted by Crippen LogP contribution is 2.49. The number of carbonyl (C=O) groups excluding carboxylic acids is 1. The average Bonchev–Trinajstić information content (AvgIpc) is 2.74. The maximum absolute atomic E-state index is 12.5. The quantitative estimate of drug-likeness (QED) is 0.589. The first-order chi connectivity index (χ1) is 13.7. The van der Waals surface area contributed by atoms with Gasteiger partial charge in [-0.1, -0.05) is 84.9 Å². The number of ether oxygens (including phenoxy) is 1. The lowest BCUT2D eigenvalue weighted by Crippen LogP contribution is -2.51. The number of hydrogen-bond acceptors (Lipinski definition) is 2. The smallest absolute Gasteiger partial charge is 0.226 e. The molecule has 0 unspecified atom stereocenters. The molecular formula is C25H23NO2. The van der Waals surface area contributed by atoms with E-state index in [2.05, 4.69) is 30.3 Å². The summed E-state index contributed by atoms with van der Waals surface area (Å²) in [7, 11) is 0. The Kier molecular flexibility index (Phi) is 4.84. The van der Waals surface area contributed by atoms with E-state index < -0.39 is 11.8 Å². The van der Waals surface area contributed by atoms with E-state index in [4.69, 9.17) is 4.74 Å². The van der Waals surface area contributed by atoms with Crippen LogP contribution >= 0.6 is 0 Å². The standard InChI is InChI=1S/C25H23NO2/c1-3-12-24-26(19(2)27)23-18-11-10-17-22(23)25(28-24,20-13-6-4-7-14-20)21-15-8-5-9-16-21/h3-18,24H,1-2H3/b12-3+/t24-/m1/s1. The van der Waals surface area contributed by atoms with Gasteiger partial charge in [0, 0.05) is 12.5 Å². The Morgan fingerprint density at radius 3 is 1.96 bits per heavy atom. The number of benzene rings is 3. The molecule has 0 aromatic heterocycles. The number of hydrogen-bond donors (Lipinski definition) is 0. The number of amides is 1. The molecule has 4 rings (SSSR count). The number of fused-ring (bicyclic) bond motifs is 1. The molecule has 3 nitrogen and oxygen atoms in total. The van der Waals surface area contributed by atoms with Crippen molar-refractivity contribution in [3.63, 3.8) is 0 Å². The van der Waals surface area contributed by atoms with Crippen molar-refractivity contribution in [1.29, 1.82) is 0 Å². The van der Waals surface area contributed by atoms with E-state index in [0.29, 0.717) is 0 Å². The molecule has 0 saturated carbocycles. The minimum absolute atomic E-state index is 0.0507. The lowest BCUT2D eigenvalue weighted by Gasteiger charge is -2.47. The van der Waals surface area contributed by atoms with E-state index >= 15 is 0 Å². The Morgan fingerprint density at radius 2 is 1.43 bits per heavy atom. The second-order valence-corrected chi connectivity index (χ2v) is 6.85. The summed E-state index contributed by atoms with van der Waals surface area (Å²) in [4.78, 5) is 14.3. The van der Waals surface area contributed by atoms with Crippen LogP contribution in [0.15, 0.2) is 97.1 Å². The Balaban J connectivity index is 2.08. The van der Waals surface area contributed by atoms with Crippen molar-refractivity contribution in [2.45, 2.75) is 25.7 Å². The molecule has 0 radical (unpaired) electrons. The first-order valence-electron chi connectivity index (χ1n) is 9.49. The minimum Gasteiger partial charge on any atom is -0.334 e. The van der Waals surface area contributed by atoms with Crippen molar-refractivity contribution in [1.82, 2.24) is 0 Å². The largest absolute Gasteiger partial charge is 0.334 e. The fourth-order valence-corrected chi connectivity index (χ4v) is 4.01. The molecule has 28 heavy (non-hydrogen) atoms. The third-order valence-electron chi connectivity index (χ3n) is 5.15. The van der Waals surface area contributed by atoms with E-state index in [1.165, 1.54) is 0 Å². The molecule has 1 aliphatic heterocycles. The SMILES string of the molecule is C/C=C/[C@H]1OC(c2ccccc2)(c2ccccc2)c2ccccc2N1C(C)=O. The molecule has 1 atom stereocenters. The van der Waals surface area contributed by atoms with Crippen molar-refractivity contribution < 1.29 is 9.53 Å². The number of allylic oxidation sites excluding steroid dienone is 1. The Labute approximate surface area is 165 Å². The van der Waals surface area contributed by atoms with Crippen LogP contribution in [0.4, 0.5) is 5.69 Å². The van der Waals surface area contributed by atoms with Gasteiger partial charge in [-0.25, -0.2) is 0 Å². The zero-order valence-corrected chi connectivity index (χ0v) is 16.1. The molecule has 0 aliphatic carbocycles. The number of carbonyl (C=O) groups is 1. The normalized spacial score (nSPS) is 18.1. The van der Waals surface area contributed by atoms with Crippen LogP contribution in [0.2, 0.25) is 0 Å². The van der Waals surface area contributed by atoms with Gasteiger partial charge in [0.25, 0.3) is 0 Å². The molecule has 3 aromatic rings. The van der Waals surface area contributed by atoms with Gasteiger partial charge in [-0.2, -0.15) is 0 Å². The van der Waals surface area contributed by atoms with Crippen LogP contribution in [-0.2, 0) is 15.1 Å². The van der Waals surface area contributed by atoms with Gasteiger partial charge in [-0.15, -0.1) is 0 Å². The van der Waals surface area contributed by atoms with Crippen LogP contribution < -0.4 is 4.90 Å². The molecule has 0 fully saturated rings. The lowest BCUT2D eigenvalue weighted by molar-refractivity contribution is -0.121. The summed E-state index contributed by atoms with van der Waals surface area (Å²) >= 11 is 0. The highest BCUT2D eigenvalue weighted by atomic mass is 16.5. The topological polar surface area (TPSA) is 29.5 Å². The highest BCUT2D eigenvalue weighted by Gasteiger charge is 2.47. The zero-order valence-electron chi connectivity index (χ0n) is 16.1. The predicted octanol–water partition coefficient (Wildman–Crippen LogP) is 5.26. The number of nitrogens with zero attached hydrogens (tertiary/aromatic N) is 1. The van der Waals surface area contributed by atoms with Gasteiger partial charge in [-0.05, 0) is 30.2 Å². The van der Waals surface area contributed by atoms with E-state index in [9.17, 15) is 4.79 Å². The predicted molar refractivity (Wildman–Crippen MR) is 112 cm³/mol. The fraction of sp³-hybridized carbons (Fsp3) is 0.160. The average molecular weight is 369 g/mol. The fourth-order valence-electron chi connectivity index (χ4n) is 4.01. The molecule has 1 heterocycles. The molecule has 0 N–H and O–H groups in total. The van der Waals surface area contributed by atoms with Gasteiger partial charge >= 0.3 is 0 Å². The Morgan fingerprint density at radius 1 is 0.893 bits per heavy atom. The van der Waals surface area contributed by atoms with Crippen molar-refractivity contribution in [2.75, 3.05) is 4.90 Å². The van der Waals surface area contributed by atoms with Gasteiger partial charge in [-0.3, -0.25) is 9.69 Å². The molecule has 3 heteroatoms. The van der Waals surface area contributed by atoms with Crippen LogP contribution in [0.1, 0.15) is 30.5 Å². The highest BCUT2D eigenvalue weighted by molar-refractivity contribution is 5.94. The number of anilines is 1. The third-order valence-corrected chi connectivity index (χ3v) is 5.15. The summed E-state index contributed by atoms with van der Waals surface area (Å²) in [5.74, 6) is -0.0507. The summed E-state index contributed by atoms with van der Waals surface area (Å²) in [6.07, 6.45) is 3.35. The molecule has 0 bridgehead atoms. The van der Waals surface area contributed by atoms with Crippen LogP contribution in [0.5, 0.6) is 0 Å². The van der Waals surface area contributed by atoms with Gasteiger partial charge < -0.3 is 4.74 Å². The summed E-state index contributed by atoms with van der Waals surface area (Å²) in [5, 5.41) is 0. The van der Waals surface area contributed by atoms with Gasteiger partial charge in [0.15, 0.2) is 6.23 Å². The van der Waals surface area contributed by atoms with Gasteiger partial charge in [0.2, 0.25) is 5.91 Å². The van der Waals surface area contributed by atoms with Crippen LogP contribution in [0.25, 0.3) is 0 Å². The zero-order chi connectivity index (χ0) is 19.6. The number of rotatable bonds is 3. The Bertz CT molecular complexity index is 956. The maximum Gasteiger partial charge on any atom is 0.226 e. The van der Waals surface area contributed by atoms with Crippen molar-refractivity contribution in [2.24, 2.45) is 0 Å². The molecular weight excluding hydrogens is 346 g/mol. The summed E-state index contributed by atoms with van der Waals surface area (Å²) < 4.78 is 6.81. The third kappa shape index (κ3) is 2.85.